The van der Waals surface area contributed by atoms with Crippen molar-refractivity contribution >= 4 is 21.1 Å². The molecular weight excluding hydrogens is 595 g/mol. The van der Waals surface area contributed by atoms with E-state index < -0.39 is 45.7 Å². The molecule has 0 aliphatic carbocycles. The van der Waals surface area contributed by atoms with Crippen molar-refractivity contribution in [1.82, 2.24) is 0 Å². The van der Waals surface area contributed by atoms with Gasteiger partial charge in [0.15, 0.2) is 0 Å². The van der Waals surface area contributed by atoms with Gasteiger partial charge in [-0.3, -0.25) is 0 Å². The van der Waals surface area contributed by atoms with Crippen molar-refractivity contribution in [2.24, 2.45) is 0 Å². The Bertz CT molecular complexity index is 874. The number of aliphatic hydroxyl groups is 1. The Morgan fingerprint density at radius 1 is 0.744 bits per heavy atom. The number of ether oxygens (including phenoxy) is 4. The molecule has 1 N–H and O–H groups in total. The van der Waals surface area contributed by atoms with Gasteiger partial charge in [0.05, 0.1) is 0 Å². The zero-order valence-electron chi connectivity index (χ0n) is 24.5. The molecule has 6 heteroatoms. The Hall–Kier alpha value is -0.961. The average molecular weight is 645 g/mol. The molecule has 0 saturated carbocycles. The number of aliphatic hydroxyl groups excluding tert-OH is 1. The molecule has 0 aromatic heterocycles. The Kier molecular flexibility index (Phi) is 14.8. The maximum atomic E-state index is 11.9. The number of benzene rings is 2. The van der Waals surface area contributed by atoms with Crippen LogP contribution in [0.25, 0.3) is 0 Å². The van der Waals surface area contributed by atoms with E-state index in [-0.39, 0.29) is 4.12 Å². The number of rotatable bonds is 18. The Morgan fingerprint density at radius 2 is 1.21 bits per heavy atom. The summed E-state index contributed by atoms with van der Waals surface area (Å²) in [6.45, 7) is 7.67. The van der Waals surface area contributed by atoms with Crippen molar-refractivity contribution in [1.29, 1.82) is 0 Å². The molecule has 1 fully saturated rings. The molecule has 0 unspecified atom stereocenters. The molecule has 0 amide bonds. The Balaban J connectivity index is 1.85. The zero-order valence-corrected chi connectivity index (χ0v) is 27.4. The first kappa shape index (κ1) is 32.6. The van der Waals surface area contributed by atoms with Crippen LogP contribution >= 0.6 is 0 Å². The molecule has 1 aliphatic heterocycles. The maximum absolute atomic E-state index is 11.9. The van der Waals surface area contributed by atoms with E-state index in [0.717, 1.165) is 11.1 Å². The van der Waals surface area contributed by atoms with Gasteiger partial charge < -0.3 is 0 Å². The van der Waals surface area contributed by atoms with Crippen LogP contribution in [0.5, 0.6) is 0 Å². The SMILES string of the molecule is CCCC[C](CCCC)(CCCC)[Sn][C@H]1O[C@H](OC)[C@@H](OCc2ccccc2)[C@@H](OCc2ccccc2)[C@@H]1O. The molecule has 0 bridgehead atoms. The second kappa shape index (κ2) is 17.8. The van der Waals surface area contributed by atoms with Gasteiger partial charge in [-0.1, -0.05) is 0 Å². The molecule has 3 rings (SSSR count). The molecule has 1 saturated heterocycles. The van der Waals surface area contributed by atoms with E-state index >= 15 is 0 Å². The first-order chi connectivity index (χ1) is 19.1. The fraction of sp³-hybridized carbons (Fsp3) is 0.636. The third-order valence-electron chi connectivity index (χ3n) is 7.80. The quantitative estimate of drug-likeness (QED) is 0.173. The minimum atomic E-state index is -1.24. The number of methoxy groups -OCH3 is 1. The molecule has 1 heterocycles. The summed E-state index contributed by atoms with van der Waals surface area (Å²) in [7, 11) is 1.68. The summed E-state index contributed by atoms with van der Waals surface area (Å²) in [5.41, 5.74) is 2.15. The van der Waals surface area contributed by atoms with Gasteiger partial charge in [0.25, 0.3) is 0 Å². The van der Waals surface area contributed by atoms with Crippen molar-refractivity contribution < 1.29 is 24.1 Å². The fourth-order valence-electron chi connectivity index (χ4n) is 5.47. The molecule has 216 valence electrons. The molecule has 5 atom stereocenters. The van der Waals surface area contributed by atoms with E-state index in [1.54, 1.807) is 7.11 Å². The Morgan fingerprint density at radius 3 is 1.64 bits per heavy atom. The van der Waals surface area contributed by atoms with E-state index in [4.69, 9.17) is 18.9 Å². The first-order valence-corrected chi connectivity index (χ1v) is 18.1. The van der Waals surface area contributed by atoms with Crippen LogP contribution in [0.4, 0.5) is 0 Å². The molecule has 0 spiro atoms. The van der Waals surface area contributed by atoms with Crippen LogP contribution in [-0.2, 0) is 32.2 Å². The van der Waals surface area contributed by atoms with Crippen LogP contribution in [0.1, 0.15) is 89.7 Å². The fourth-order valence-corrected chi connectivity index (χ4v) is 11.5. The molecule has 5 nitrogen and oxygen atoms in total. The first-order valence-electron chi connectivity index (χ1n) is 15.0. The summed E-state index contributed by atoms with van der Waals surface area (Å²) in [5, 5.41) is 11.9. The predicted molar refractivity (Wildman–Crippen MR) is 159 cm³/mol. The van der Waals surface area contributed by atoms with Gasteiger partial charge in [-0.15, -0.1) is 0 Å². The van der Waals surface area contributed by atoms with Gasteiger partial charge in [-0.2, -0.15) is 0 Å². The summed E-state index contributed by atoms with van der Waals surface area (Å²) in [4.78, 5) is 0. The Labute approximate surface area is 247 Å². The van der Waals surface area contributed by atoms with Crippen LogP contribution in [0, 0.1) is 0 Å². The minimum absolute atomic E-state index is 0.207. The summed E-state index contributed by atoms with van der Waals surface area (Å²) in [6, 6.07) is 20.2. The van der Waals surface area contributed by atoms with Gasteiger partial charge in [-0.05, 0) is 0 Å². The van der Waals surface area contributed by atoms with Crippen molar-refractivity contribution in [3.05, 3.63) is 71.8 Å². The summed E-state index contributed by atoms with van der Waals surface area (Å²) in [5.74, 6) is 0. The molecular formula is C33H50O5Sn. The van der Waals surface area contributed by atoms with Crippen LogP contribution < -0.4 is 0 Å². The summed E-state index contributed by atoms with van der Waals surface area (Å²) in [6.07, 6.45) is 8.66. The second-order valence-corrected chi connectivity index (χ2v) is 16.4. The third-order valence-corrected chi connectivity index (χ3v) is 13.9. The topological polar surface area (TPSA) is 57.2 Å². The average Bonchev–Trinajstić information content (AvgIpc) is 2.98. The molecule has 1 aliphatic rings. The van der Waals surface area contributed by atoms with Gasteiger partial charge in [-0.25, -0.2) is 0 Å². The number of hydrogen-bond donors (Lipinski definition) is 1. The van der Waals surface area contributed by atoms with Gasteiger partial charge in [0.2, 0.25) is 0 Å². The van der Waals surface area contributed by atoms with Crippen LogP contribution in [0.2, 0.25) is 3.43 Å². The van der Waals surface area contributed by atoms with E-state index in [1.807, 2.05) is 48.5 Å². The normalized spacial score (nSPS) is 23.7. The van der Waals surface area contributed by atoms with E-state index in [9.17, 15) is 5.11 Å². The zero-order chi connectivity index (χ0) is 27.9. The monoisotopic (exact) mass is 646 g/mol. The van der Waals surface area contributed by atoms with E-state index in [1.165, 1.54) is 57.8 Å². The van der Waals surface area contributed by atoms with Crippen LogP contribution in [0.3, 0.4) is 0 Å². The van der Waals surface area contributed by atoms with Crippen LogP contribution in [-0.4, -0.2) is 62.1 Å². The molecule has 2 radical (unpaired) electrons. The van der Waals surface area contributed by atoms with Crippen molar-refractivity contribution in [3.8, 4) is 0 Å². The van der Waals surface area contributed by atoms with E-state index in [2.05, 4.69) is 32.9 Å². The molecule has 39 heavy (non-hydrogen) atoms. The summed E-state index contributed by atoms with van der Waals surface area (Å²) >= 11 is -1.24. The third kappa shape index (κ3) is 10.1. The predicted octanol–water partition coefficient (Wildman–Crippen LogP) is 7.28. The number of unbranched alkanes of at least 4 members (excludes halogenated alkanes) is 3. The van der Waals surface area contributed by atoms with Gasteiger partial charge in [0, 0.05) is 0 Å². The van der Waals surface area contributed by atoms with Crippen LogP contribution in [0.15, 0.2) is 60.7 Å². The second-order valence-electron chi connectivity index (χ2n) is 10.9. The van der Waals surface area contributed by atoms with Gasteiger partial charge >= 0.3 is 248 Å². The van der Waals surface area contributed by atoms with Crippen molar-refractivity contribution in [3.63, 3.8) is 0 Å². The van der Waals surface area contributed by atoms with E-state index in [0.29, 0.717) is 16.6 Å². The molecule has 2 aromatic carbocycles. The van der Waals surface area contributed by atoms with Crippen molar-refractivity contribution in [2.45, 2.75) is 124 Å². The number of hydrogen-bond acceptors (Lipinski definition) is 5. The molecule has 2 aromatic rings. The standard InChI is InChI=1S/C20H23O5.C13H27.Sn/c1-22-20-19(24-13-16-10-6-3-7-11-16)18(17(21)14-25-20)23-12-15-8-4-2-5-9-15;1-4-7-10-13(11-8-5-2)12-9-6-3;/h2-11,14,17-21H,12-13H2,1H3;4-12H2,1-3H3;/t17-,18+,19+,20+;;/m1../s1. The summed E-state index contributed by atoms with van der Waals surface area (Å²) < 4.78 is 25.5. The van der Waals surface area contributed by atoms with Crippen molar-refractivity contribution in [2.75, 3.05) is 7.11 Å². The van der Waals surface area contributed by atoms with Gasteiger partial charge in [0.1, 0.15) is 0 Å².